The summed E-state index contributed by atoms with van der Waals surface area (Å²) in [5.74, 6) is 0. The second-order valence-corrected chi connectivity index (χ2v) is 15.6. The summed E-state index contributed by atoms with van der Waals surface area (Å²) in [6, 6.07) is 60.0. The van der Waals surface area contributed by atoms with Crippen LogP contribution in [0.15, 0.2) is 168 Å². The van der Waals surface area contributed by atoms with Gasteiger partial charge in [0.05, 0.1) is 5.69 Å². The van der Waals surface area contributed by atoms with Crippen molar-refractivity contribution in [3.8, 4) is 22.3 Å². The second-order valence-electron chi connectivity index (χ2n) is 14.5. The zero-order chi connectivity index (χ0) is 34.6. The summed E-state index contributed by atoms with van der Waals surface area (Å²) in [6.07, 6.45) is 0. The number of para-hydroxylation sites is 1. The Morgan fingerprint density at radius 3 is 2.12 bits per heavy atom. The van der Waals surface area contributed by atoms with Crippen LogP contribution in [0.2, 0.25) is 0 Å². The van der Waals surface area contributed by atoms with Crippen LogP contribution in [0.4, 0.5) is 17.1 Å². The highest BCUT2D eigenvalue weighted by molar-refractivity contribution is 7.25. The summed E-state index contributed by atoms with van der Waals surface area (Å²) >= 11 is 1.87. The predicted octanol–water partition coefficient (Wildman–Crippen LogP) is 14.6. The van der Waals surface area contributed by atoms with E-state index in [1.807, 2.05) is 23.5 Å². The van der Waals surface area contributed by atoms with Crippen LogP contribution in [0.25, 0.3) is 75.1 Å². The molecule has 0 saturated carbocycles. The van der Waals surface area contributed by atoms with Gasteiger partial charge < -0.3 is 9.32 Å². The molecular formula is C49H33NOS. The molecule has 0 fully saturated rings. The molecule has 0 spiro atoms. The van der Waals surface area contributed by atoms with Crippen molar-refractivity contribution in [2.75, 3.05) is 4.90 Å². The highest BCUT2D eigenvalue weighted by Crippen LogP contribution is 2.54. The largest absolute Gasteiger partial charge is 0.456 e. The Kier molecular flexibility index (Phi) is 6.21. The molecule has 0 N–H and O–H groups in total. The molecule has 246 valence electrons. The zero-order valence-corrected chi connectivity index (χ0v) is 29.7. The summed E-state index contributed by atoms with van der Waals surface area (Å²) in [4.78, 5) is 2.43. The van der Waals surface area contributed by atoms with Crippen LogP contribution in [0, 0.1) is 0 Å². The van der Waals surface area contributed by atoms with Gasteiger partial charge in [0.2, 0.25) is 0 Å². The van der Waals surface area contributed by atoms with Gasteiger partial charge in [-0.2, -0.15) is 0 Å². The topological polar surface area (TPSA) is 16.4 Å². The van der Waals surface area contributed by atoms with Crippen LogP contribution in [-0.4, -0.2) is 0 Å². The number of nitrogens with zero attached hydrogens (tertiary/aromatic N) is 1. The normalized spacial score (nSPS) is 13.3. The van der Waals surface area contributed by atoms with Crippen LogP contribution in [0.1, 0.15) is 25.0 Å². The van der Waals surface area contributed by atoms with Crippen molar-refractivity contribution in [2.45, 2.75) is 19.3 Å². The Morgan fingerprint density at radius 2 is 1.21 bits per heavy atom. The number of rotatable bonds is 4. The smallest absolute Gasteiger partial charge is 0.135 e. The van der Waals surface area contributed by atoms with E-state index in [2.05, 4.69) is 170 Å². The minimum Gasteiger partial charge on any atom is -0.456 e. The van der Waals surface area contributed by atoms with Crippen molar-refractivity contribution in [1.82, 2.24) is 0 Å². The molecule has 8 aromatic carbocycles. The Labute approximate surface area is 305 Å². The monoisotopic (exact) mass is 683 g/mol. The molecule has 10 aromatic rings. The number of furan rings is 1. The van der Waals surface area contributed by atoms with Crippen LogP contribution in [-0.2, 0) is 5.41 Å². The molecule has 2 heterocycles. The molecule has 0 saturated heterocycles. The molecule has 1 aliphatic rings. The molecule has 0 aliphatic heterocycles. The summed E-state index contributed by atoms with van der Waals surface area (Å²) in [5.41, 5.74) is 12.8. The van der Waals surface area contributed by atoms with E-state index >= 15 is 0 Å². The van der Waals surface area contributed by atoms with Gasteiger partial charge in [0.15, 0.2) is 0 Å². The van der Waals surface area contributed by atoms with E-state index in [4.69, 9.17) is 4.42 Å². The van der Waals surface area contributed by atoms with Gasteiger partial charge in [0, 0.05) is 53.3 Å². The molecule has 2 aromatic heterocycles. The third-order valence-corrected chi connectivity index (χ3v) is 12.4. The maximum atomic E-state index is 6.26. The third kappa shape index (κ3) is 4.30. The zero-order valence-electron chi connectivity index (χ0n) is 28.9. The van der Waals surface area contributed by atoms with Gasteiger partial charge in [-0.3, -0.25) is 0 Å². The number of anilines is 3. The number of thiophene rings is 1. The SMILES string of the molecule is CC1(C)c2ccccc2-c2c(N(c3ccc(-c4ccc5cc6c(cc5c4)sc4ccccc46)cc3)c3ccc4oc5ccccc5c4c3)cccc21. The van der Waals surface area contributed by atoms with E-state index in [1.165, 1.54) is 70.0 Å². The lowest BCUT2D eigenvalue weighted by Gasteiger charge is -2.29. The first kappa shape index (κ1) is 29.6. The van der Waals surface area contributed by atoms with E-state index in [0.717, 1.165) is 33.3 Å². The van der Waals surface area contributed by atoms with Gasteiger partial charge in [-0.15, -0.1) is 11.3 Å². The highest BCUT2D eigenvalue weighted by Gasteiger charge is 2.37. The highest BCUT2D eigenvalue weighted by atomic mass is 32.1. The third-order valence-electron chi connectivity index (χ3n) is 11.2. The molecule has 52 heavy (non-hydrogen) atoms. The van der Waals surface area contributed by atoms with E-state index in [9.17, 15) is 0 Å². The van der Waals surface area contributed by atoms with Crippen LogP contribution in [0.5, 0.6) is 0 Å². The van der Waals surface area contributed by atoms with Crippen molar-refractivity contribution < 1.29 is 4.42 Å². The van der Waals surface area contributed by atoms with Crippen LogP contribution >= 0.6 is 11.3 Å². The van der Waals surface area contributed by atoms with Crippen molar-refractivity contribution >= 4 is 81.3 Å². The van der Waals surface area contributed by atoms with E-state index in [-0.39, 0.29) is 5.41 Å². The molecule has 0 unspecified atom stereocenters. The minimum atomic E-state index is -0.0975. The lowest BCUT2D eigenvalue weighted by Crippen LogP contribution is -2.16. The lowest BCUT2D eigenvalue weighted by molar-refractivity contribution is 0.660. The number of fused-ring (bicyclic) bond motifs is 10. The first-order valence-corrected chi connectivity index (χ1v) is 18.7. The molecular weight excluding hydrogens is 651 g/mol. The molecule has 0 atom stereocenters. The fraction of sp³-hybridized carbons (Fsp3) is 0.0612. The second kappa shape index (κ2) is 10.9. The number of hydrogen-bond donors (Lipinski definition) is 0. The molecule has 1 aliphatic carbocycles. The summed E-state index contributed by atoms with van der Waals surface area (Å²) in [5, 5.41) is 7.46. The number of hydrogen-bond acceptors (Lipinski definition) is 3. The van der Waals surface area contributed by atoms with Gasteiger partial charge in [0.25, 0.3) is 0 Å². The Balaban J connectivity index is 1.07. The molecule has 0 radical (unpaired) electrons. The molecule has 11 rings (SSSR count). The summed E-state index contributed by atoms with van der Waals surface area (Å²) in [6.45, 7) is 4.69. The minimum absolute atomic E-state index is 0.0975. The van der Waals surface area contributed by atoms with E-state index < -0.39 is 0 Å². The molecule has 0 bridgehead atoms. The first-order chi connectivity index (χ1) is 25.5. The molecule has 2 nitrogen and oxygen atoms in total. The predicted molar refractivity (Wildman–Crippen MR) is 222 cm³/mol. The quantitative estimate of drug-likeness (QED) is 0.184. The standard InChI is InChI=1S/C49H33NOS/c1-49(2)41-13-6-3-12-38(41)48-42(49)14-9-15-43(48)50(35-24-25-45-39(29-35)36-10-4-7-16-44(36)51-45)34-22-20-30(21-23-34)31-18-19-32-27-40-37-11-5-8-17-46(37)52-47(40)28-33(32)26-31/h3-29H,1-2H3. The van der Waals surface area contributed by atoms with Crippen molar-refractivity contribution in [3.63, 3.8) is 0 Å². The fourth-order valence-electron chi connectivity index (χ4n) is 8.65. The lowest BCUT2D eigenvalue weighted by atomic mass is 9.82. The summed E-state index contributed by atoms with van der Waals surface area (Å²) < 4.78 is 8.93. The van der Waals surface area contributed by atoms with Gasteiger partial charge in [-0.25, -0.2) is 0 Å². The maximum absolute atomic E-state index is 6.26. The van der Waals surface area contributed by atoms with Crippen LogP contribution < -0.4 is 4.90 Å². The van der Waals surface area contributed by atoms with Gasteiger partial charge in [-0.1, -0.05) is 111 Å². The van der Waals surface area contributed by atoms with Crippen molar-refractivity contribution in [2.24, 2.45) is 0 Å². The average Bonchev–Trinajstić information content (AvgIpc) is 3.81. The Morgan fingerprint density at radius 1 is 0.481 bits per heavy atom. The van der Waals surface area contributed by atoms with Gasteiger partial charge in [-0.05, 0) is 105 Å². The Bertz CT molecular complexity index is 3050. The van der Waals surface area contributed by atoms with E-state index in [0.29, 0.717) is 0 Å². The van der Waals surface area contributed by atoms with Crippen molar-refractivity contribution in [1.29, 1.82) is 0 Å². The van der Waals surface area contributed by atoms with Crippen LogP contribution in [0.3, 0.4) is 0 Å². The van der Waals surface area contributed by atoms with Crippen molar-refractivity contribution in [3.05, 3.63) is 175 Å². The molecule has 0 amide bonds. The average molecular weight is 684 g/mol. The fourth-order valence-corrected chi connectivity index (χ4v) is 9.79. The number of benzene rings is 8. The summed E-state index contributed by atoms with van der Waals surface area (Å²) in [7, 11) is 0. The van der Waals surface area contributed by atoms with Gasteiger partial charge >= 0.3 is 0 Å². The van der Waals surface area contributed by atoms with Gasteiger partial charge in [0.1, 0.15) is 11.2 Å². The maximum Gasteiger partial charge on any atom is 0.135 e. The van der Waals surface area contributed by atoms with E-state index in [1.54, 1.807) is 0 Å². The molecule has 3 heteroatoms. The Hall–Kier alpha value is -6.16. The first-order valence-electron chi connectivity index (χ1n) is 17.9.